The topological polar surface area (TPSA) is 116 Å². The molecule has 0 bridgehead atoms. The predicted molar refractivity (Wildman–Crippen MR) is 101 cm³/mol. The summed E-state index contributed by atoms with van der Waals surface area (Å²) in [5, 5.41) is 22.1. The molecule has 1 aromatic rings. The zero-order valence-corrected chi connectivity index (χ0v) is 16.5. The number of hydrogen-bond acceptors (Lipinski definition) is 7. The van der Waals surface area contributed by atoms with E-state index >= 15 is 0 Å². The molecule has 1 saturated carbocycles. The average molecular weight is 402 g/mol. The van der Waals surface area contributed by atoms with Crippen molar-refractivity contribution in [3.8, 4) is 0 Å². The minimum absolute atomic E-state index is 0. The molecule has 9 nitrogen and oxygen atoms in total. The van der Waals surface area contributed by atoms with Crippen LogP contribution in [-0.2, 0) is 4.74 Å². The number of hydrogen-bond donors (Lipinski definition) is 0. The maximum Gasteiger partial charge on any atom is 0.345 e. The van der Waals surface area contributed by atoms with Gasteiger partial charge in [-0.25, -0.2) is 4.79 Å². The molecule has 27 heavy (non-hydrogen) atoms. The number of benzene rings is 1. The predicted octanol–water partition coefficient (Wildman–Crippen LogP) is 3.59. The second-order valence-electron chi connectivity index (χ2n) is 7.28. The number of carbonyl (C=O) groups is 1. The fourth-order valence-corrected chi connectivity index (χ4v) is 3.70. The van der Waals surface area contributed by atoms with Crippen LogP contribution in [0.4, 0.5) is 11.4 Å². The molecule has 2 atom stereocenters. The molecular formula is C17H24ClN3O6. The number of nitro groups is 2. The Morgan fingerprint density at radius 3 is 2.33 bits per heavy atom. The third-order valence-corrected chi connectivity index (χ3v) is 5.00. The molecule has 0 N–H and O–H groups in total. The zero-order chi connectivity index (χ0) is 19.6. The summed E-state index contributed by atoms with van der Waals surface area (Å²) in [5.74, 6) is -0.750. The standard InChI is InChI=1S/C17H23N3O6.ClH/c1-17(2,13-6-5-7-14(13)18(3)4)26-16(21)12-9-8-11(19(22)23)10-15(12)20(24)25;/h8-10,13-14H,5-7H2,1-4H3;1H. The van der Waals surface area contributed by atoms with Crippen molar-refractivity contribution in [2.45, 2.75) is 44.8 Å². The summed E-state index contributed by atoms with van der Waals surface area (Å²) in [4.78, 5) is 35.2. The molecule has 1 aromatic carbocycles. The van der Waals surface area contributed by atoms with Gasteiger partial charge < -0.3 is 9.64 Å². The molecule has 0 aromatic heterocycles. The summed E-state index contributed by atoms with van der Waals surface area (Å²) in [7, 11) is 3.95. The Labute approximate surface area is 163 Å². The maximum atomic E-state index is 12.6. The molecule has 0 spiro atoms. The molecule has 0 aliphatic heterocycles. The van der Waals surface area contributed by atoms with E-state index in [1.54, 1.807) is 13.8 Å². The molecule has 150 valence electrons. The molecule has 2 rings (SSSR count). The Bertz CT molecular complexity index is 737. The van der Waals surface area contributed by atoms with Gasteiger partial charge in [0, 0.05) is 18.0 Å². The second-order valence-corrected chi connectivity index (χ2v) is 7.28. The first kappa shape index (κ1) is 22.8. The van der Waals surface area contributed by atoms with E-state index in [4.69, 9.17) is 4.74 Å². The van der Waals surface area contributed by atoms with Crippen LogP contribution >= 0.6 is 12.4 Å². The Morgan fingerprint density at radius 2 is 1.81 bits per heavy atom. The molecule has 0 saturated heterocycles. The zero-order valence-electron chi connectivity index (χ0n) is 15.7. The second kappa shape index (κ2) is 8.62. The normalized spacial score (nSPS) is 19.4. The van der Waals surface area contributed by atoms with Crippen LogP contribution in [0, 0.1) is 26.1 Å². The van der Waals surface area contributed by atoms with Gasteiger partial charge in [-0.1, -0.05) is 6.42 Å². The Hall–Kier alpha value is -2.26. The van der Waals surface area contributed by atoms with Crippen LogP contribution in [0.15, 0.2) is 18.2 Å². The van der Waals surface area contributed by atoms with Crippen molar-refractivity contribution in [2.75, 3.05) is 14.1 Å². The molecule has 1 aliphatic rings. The molecule has 0 amide bonds. The number of halogens is 1. The summed E-state index contributed by atoms with van der Waals surface area (Å²) in [5.41, 5.74) is -2.18. The van der Waals surface area contributed by atoms with E-state index in [9.17, 15) is 25.0 Å². The quantitative estimate of drug-likeness (QED) is 0.406. The SMILES string of the molecule is CN(C)C1CCCC1C(C)(C)OC(=O)c1ccc([N+](=O)[O-])cc1[N+](=O)[O-].Cl. The van der Waals surface area contributed by atoms with Gasteiger partial charge in [0.05, 0.1) is 15.9 Å². The smallest absolute Gasteiger partial charge is 0.345 e. The molecule has 0 radical (unpaired) electrons. The summed E-state index contributed by atoms with van der Waals surface area (Å²) in [6.45, 7) is 3.60. The van der Waals surface area contributed by atoms with Crippen molar-refractivity contribution < 1.29 is 19.4 Å². The van der Waals surface area contributed by atoms with Crippen LogP contribution in [0.3, 0.4) is 0 Å². The molecule has 10 heteroatoms. The highest BCUT2D eigenvalue weighted by Gasteiger charge is 2.43. The van der Waals surface area contributed by atoms with Crippen molar-refractivity contribution in [2.24, 2.45) is 5.92 Å². The number of rotatable bonds is 6. The van der Waals surface area contributed by atoms with Gasteiger partial charge in [0.1, 0.15) is 11.2 Å². The van der Waals surface area contributed by atoms with E-state index < -0.39 is 32.8 Å². The fourth-order valence-electron chi connectivity index (χ4n) is 3.70. The molecule has 1 aliphatic carbocycles. The van der Waals surface area contributed by atoms with Crippen molar-refractivity contribution in [3.05, 3.63) is 44.0 Å². The summed E-state index contributed by atoms with van der Waals surface area (Å²) in [6.07, 6.45) is 2.91. The number of nitro benzene ring substituents is 2. The highest BCUT2D eigenvalue weighted by Crippen LogP contribution is 2.39. The fraction of sp³-hybridized carbons (Fsp3) is 0.588. The number of esters is 1. The summed E-state index contributed by atoms with van der Waals surface area (Å²) < 4.78 is 5.64. The van der Waals surface area contributed by atoms with E-state index in [0.29, 0.717) is 0 Å². The van der Waals surface area contributed by atoms with Gasteiger partial charge in [0.15, 0.2) is 0 Å². The van der Waals surface area contributed by atoms with Crippen LogP contribution in [0.5, 0.6) is 0 Å². The Kier molecular flexibility index (Phi) is 7.27. The first-order valence-corrected chi connectivity index (χ1v) is 8.37. The largest absolute Gasteiger partial charge is 0.456 e. The van der Waals surface area contributed by atoms with E-state index in [1.165, 1.54) is 0 Å². The highest BCUT2D eigenvalue weighted by atomic mass is 35.5. The lowest BCUT2D eigenvalue weighted by atomic mass is 9.85. The van der Waals surface area contributed by atoms with Gasteiger partial charge in [-0.05, 0) is 46.9 Å². The first-order chi connectivity index (χ1) is 12.0. The number of non-ortho nitro benzene ring substituents is 1. The van der Waals surface area contributed by atoms with Gasteiger partial charge in [0.2, 0.25) is 0 Å². The maximum absolute atomic E-state index is 12.6. The minimum atomic E-state index is -0.846. The Morgan fingerprint density at radius 1 is 1.19 bits per heavy atom. The van der Waals surface area contributed by atoms with Crippen LogP contribution in [0.25, 0.3) is 0 Å². The molecular weight excluding hydrogens is 378 g/mol. The summed E-state index contributed by atoms with van der Waals surface area (Å²) >= 11 is 0. The van der Waals surface area contributed by atoms with Crippen molar-refractivity contribution in [1.29, 1.82) is 0 Å². The third-order valence-electron chi connectivity index (χ3n) is 5.00. The number of carbonyl (C=O) groups excluding carboxylic acids is 1. The number of nitrogens with zero attached hydrogens (tertiary/aromatic N) is 3. The van der Waals surface area contributed by atoms with Crippen LogP contribution in [0.1, 0.15) is 43.5 Å². The van der Waals surface area contributed by atoms with E-state index in [2.05, 4.69) is 4.90 Å². The third kappa shape index (κ3) is 4.92. The van der Waals surface area contributed by atoms with E-state index in [0.717, 1.165) is 37.5 Å². The van der Waals surface area contributed by atoms with E-state index in [-0.39, 0.29) is 29.9 Å². The van der Waals surface area contributed by atoms with Crippen LogP contribution in [-0.4, -0.2) is 46.5 Å². The first-order valence-electron chi connectivity index (χ1n) is 8.37. The monoisotopic (exact) mass is 401 g/mol. The van der Waals surface area contributed by atoms with Gasteiger partial charge >= 0.3 is 5.97 Å². The van der Waals surface area contributed by atoms with Crippen molar-refractivity contribution in [1.82, 2.24) is 4.90 Å². The van der Waals surface area contributed by atoms with Gasteiger partial charge in [0.25, 0.3) is 11.4 Å². The van der Waals surface area contributed by atoms with Gasteiger partial charge in [-0.2, -0.15) is 0 Å². The molecule has 1 fully saturated rings. The lowest BCUT2D eigenvalue weighted by Gasteiger charge is -2.37. The minimum Gasteiger partial charge on any atom is -0.456 e. The molecule has 2 unspecified atom stereocenters. The van der Waals surface area contributed by atoms with Gasteiger partial charge in [-0.15, -0.1) is 12.4 Å². The number of ether oxygens (including phenoxy) is 1. The van der Waals surface area contributed by atoms with Gasteiger partial charge in [-0.3, -0.25) is 20.2 Å². The lowest BCUT2D eigenvalue weighted by molar-refractivity contribution is -0.394. The average Bonchev–Trinajstić information content (AvgIpc) is 3.04. The highest BCUT2D eigenvalue weighted by molar-refractivity contribution is 5.94. The van der Waals surface area contributed by atoms with Crippen molar-refractivity contribution in [3.63, 3.8) is 0 Å². The summed E-state index contributed by atoms with van der Waals surface area (Å²) in [6, 6.07) is 3.17. The van der Waals surface area contributed by atoms with Crippen LogP contribution < -0.4 is 0 Å². The lowest BCUT2D eigenvalue weighted by Crippen LogP contribution is -2.45. The Balaban J connectivity index is 0.00000364. The van der Waals surface area contributed by atoms with E-state index in [1.807, 2.05) is 14.1 Å². The molecule has 0 heterocycles. The van der Waals surface area contributed by atoms with Crippen LogP contribution in [0.2, 0.25) is 0 Å². The van der Waals surface area contributed by atoms with Crippen molar-refractivity contribution >= 4 is 29.8 Å².